The Morgan fingerprint density at radius 2 is 1.94 bits per heavy atom. The van der Waals surface area contributed by atoms with Gasteiger partial charge in [0.15, 0.2) is 0 Å². The van der Waals surface area contributed by atoms with Gasteiger partial charge in [0.1, 0.15) is 0 Å². The first-order valence-corrected chi connectivity index (χ1v) is 11.7. The average Bonchev–Trinajstić information content (AvgIpc) is 3.51. The predicted molar refractivity (Wildman–Crippen MR) is 129 cm³/mol. The van der Waals surface area contributed by atoms with Crippen LogP contribution in [-0.4, -0.2) is 28.5 Å². The second-order valence-corrected chi connectivity index (χ2v) is 9.11. The average molecular weight is 445 g/mol. The van der Waals surface area contributed by atoms with Crippen molar-refractivity contribution in [1.82, 2.24) is 14.9 Å². The molecule has 0 saturated carbocycles. The molecule has 0 atom stereocenters. The van der Waals surface area contributed by atoms with Gasteiger partial charge in [-0.2, -0.15) is 0 Å². The first-order chi connectivity index (χ1) is 15.6. The van der Waals surface area contributed by atoms with E-state index >= 15 is 0 Å². The molecular formula is C25H24N4O2S. The molecule has 1 aliphatic heterocycles. The molecule has 1 amide bonds. The minimum absolute atomic E-state index is 0.118. The highest BCUT2D eigenvalue weighted by Gasteiger charge is 2.21. The van der Waals surface area contributed by atoms with Gasteiger partial charge >= 0.3 is 0 Å². The van der Waals surface area contributed by atoms with Crippen molar-refractivity contribution in [2.24, 2.45) is 0 Å². The number of nitrogens with zero attached hydrogens (tertiary/aromatic N) is 3. The van der Waals surface area contributed by atoms with E-state index in [-0.39, 0.29) is 11.5 Å². The van der Waals surface area contributed by atoms with Gasteiger partial charge in [-0.3, -0.25) is 9.59 Å². The maximum Gasteiger partial charge on any atom is 0.267 e. The van der Waals surface area contributed by atoms with Crippen molar-refractivity contribution in [3.8, 4) is 5.69 Å². The molecule has 2 aromatic heterocycles. The molecule has 0 spiro atoms. The largest absolute Gasteiger partial charge is 0.347 e. The highest BCUT2D eigenvalue weighted by atomic mass is 32.1. The van der Waals surface area contributed by atoms with Crippen LogP contribution in [0, 0.1) is 6.92 Å². The lowest BCUT2D eigenvalue weighted by Crippen LogP contribution is -2.30. The molecule has 1 saturated heterocycles. The van der Waals surface area contributed by atoms with Crippen molar-refractivity contribution >= 4 is 34.1 Å². The predicted octanol–water partition coefficient (Wildman–Crippen LogP) is 4.29. The normalized spacial score (nSPS) is 13.6. The second-order valence-electron chi connectivity index (χ2n) is 8.08. The summed E-state index contributed by atoms with van der Waals surface area (Å²) in [5, 5.41) is 5.43. The van der Waals surface area contributed by atoms with Gasteiger partial charge in [0.2, 0.25) is 5.95 Å². The smallest absolute Gasteiger partial charge is 0.267 e. The molecule has 1 N–H and O–H groups in total. The minimum atomic E-state index is -0.173. The highest BCUT2D eigenvalue weighted by Crippen LogP contribution is 2.24. The molecule has 0 unspecified atom stereocenters. The van der Waals surface area contributed by atoms with Gasteiger partial charge in [0.25, 0.3) is 11.5 Å². The molecule has 6 nitrogen and oxygen atoms in total. The van der Waals surface area contributed by atoms with E-state index in [1.54, 1.807) is 34.1 Å². The fourth-order valence-electron chi connectivity index (χ4n) is 4.13. The van der Waals surface area contributed by atoms with Crippen LogP contribution in [0.25, 0.3) is 16.6 Å². The maximum atomic E-state index is 13.6. The molecule has 0 bridgehead atoms. The number of anilines is 1. The minimum Gasteiger partial charge on any atom is -0.347 e. The lowest BCUT2D eigenvalue weighted by Gasteiger charge is -2.22. The molecule has 1 aliphatic rings. The fraction of sp³-hybridized carbons (Fsp3) is 0.240. The highest BCUT2D eigenvalue weighted by molar-refractivity contribution is 7.09. The number of rotatable bonds is 5. The summed E-state index contributed by atoms with van der Waals surface area (Å²) >= 11 is 1.60. The number of carbonyl (C=O) groups is 1. The van der Waals surface area contributed by atoms with Crippen LogP contribution in [0.2, 0.25) is 0 Å². The number of hydrogen-bond donors (Lipinski definition) is 1. The van der Waals surface area contributed by atoms with Crippen LogP contribution in [0.5, 0.6) is 0 Å². The van der Waals surface area contributed by atoms with Crippen molar-refractivity contribution in [2.75, 3.05) is 18.0 Å². The molecule has 2 aromatic carbocycles. The van der Waals surface area contributed by atoms with Gasteiger partial charge in [-0.15, -0.1) is 11.3 Å². The van der Waals surface area contributed by atoms with Crippen molar-refractivity contribution in [2.45, 2.75) is 26.3 Å². The fourth-order valence-corrected chi connectivity index (χ4v) is 4.77. The van der Waals surface area contributed by atoms with E-state index in [0.717, 1.165) is 42.1 Å². The summed E-state index contributed by atoms with van der Waals surface area (Å²) < 4.78 is 1.71. The van der Waals surface area contributed by atoms with E-state index in [2.05, 4.69) is 10.2 Å². The molecular weight excluding hydrogens is 420 g/mol. The summed E-state index contributed by atoms with van der Waals surface area (Å²) in [4.78, 5) is 34.4. The quantitative estimate of drug-likeness (QED) is 0.499. The zero-order valence-corrected chi connectivity index (χ0v) is 18.7. The Hall–Kier alpha value is -3.45. The molecule has 4 aromatic rings. The second kappa shape index (κ2) is 8.59. The Kier molecular flexibility index (Phi) is 5.49. The van der Waals surface area contributed by atoms with E-state index in [4.69, 9.17) is 4.98 Å². The van der Waals surface area contributed by atoms with Crippen LogP contribution in [0.4, 0.5) is 5.95 Å². The maximum absolute atomic E-state index is 13.6. The number of hydrogen-bond acceptors (Lipinski definition) is 5. The van der Waals surface area contributed by atoms with Crippen molar-refractivity contribution in [3.63, 3.8) is 0 Å². The number of benzene rings is 2. The molecule has 32 heavy (non-hydrogen) atoms. The topological polar surface area (TPSA) is 67.2 Å². The van der Waals surface area contributed by atoms with Crippen LogP contribution >= 0.6 is 11.3 Å². The number of aryl methyl sites for hydroxylation is 1. The first-order valence-electron chi connectivity index (χ1n) is 10.8. The number of amides is 1. The summed E-state index contributed by atoms with van der Waals surface area (Å²) in [6.45, 7) is 4.23. The summed E-state index contributed by atoms with van der Waals surface area (Å²) in [5.41, 5.74) is 2.82. The van der Waals surface area contributed by atoms with E-state index < -0.39 is 0 Å². The third-order valence-electron chi connectivity index (χ3n) is 5.77. The van der Waals surface area contributed by atoms with Gasteiger partial charge < -0.3 is 10.2 Å². The van der Waals surface area contributed by atoms with Gasteiger partial charge in [-0.1, -0.05) is 18.2 Å². The van der Waals surface area contributed by atoms with E-state index in [1.807, 2.05) is 48.7 Å². The van der Waals surface area contributed by atoms with Crippen molar-refractivity contribution in [3.05, 3.63) is 86.3 Å². The van der Waals surface area contributed by atoms with Crippen LogP contribution in [-0.2, 0) is 6.54 Å². The Morgan fingerprint density at radius 1 is 1.09 bits per heavy atom. The summed E-state index contributed by atoms with van der Waals surface area (Å²) in [6, 6.07) is 17.0. The van der Waals surface area contributed by atoms with Gasteiger partial charge in [0.05, 0.1) is 23.1 Å². The van der Waals surface area contributed by atoms with Crippen molar-refractivity contribution < 1.29 is 4.79 Å². The lowest BCUT2D eigenvalue weighted by molar-refractivity contribution is 0.0951. The molecule has 0 radical (unpaired) electrons. The number of thiophene rings is 1. The molecule has 3 heterocycles. The summed E-state index contributed by atoms with van der Waals surface area (Å²) in [7, 11) is 0. The third kappa shape index (κ3) is 3.91. The Balaban J connectivity index is 1.58. The van der Waals surface area contributed by atoms with E-state index in [1.165, 1.54) is 0 Å². The first kappa shape index (κ1) is 20.5. The van der Waals surface area contributed by atoms with Gasteiger partial charge in [-0.25, -0.2) is 9.55 Å². The van der Waals surface area contributed by atoms with E-state index in [0.29, 0.717) is 29.0 Å². The monoisotopic (exact) mass is 444 g/mol. The third-order valence-corrected chi connectivity index (χ3v) is 6.64. The zero-order valence-electron chi connectivity index (χ0n) is 17.9. The van der Waals surface area contributed by atoms with Gasteiger partial charge in [-0.05, 0) is 67.1 Å². The molecule has 7 heteroatoms. The van der Waals surface area contributed by atoms with Gasteiger partial charge in [0, 0.05) is 23.5 Å². The molecule has 162 valence electrons. The summed E-state index contributed by atoms with van der Waals surface area (Å²) in [6.07, 6.45) is 2.15. The van der Waals surface area contributed by atoms with Crippen LogP contribution in [0.15, 0.2) is 64.8 Å². The molecule has 0 aliphatic carbocycles. The van der Waals surface area contributed by atoms with Crippen molar-refractivity contribution in [1.29, 1.82) is 0 Å². The number of carbonyl (C=O) groups excluding carboxylic acids is 1. The van der Waals surface area contributed by atoms with E-state index in [9.17, 15) is 9.59 Å². The number of aromatic nitrogens is 2. The Labute approximate surface area is 190 Å². The lowest BCUT2D eigenvalue weighted by atomic mass is 10.1. The summed E-state index contributed by atoms with van der Waals surface area (Å²) in [5.74, 6) is 0.467. The zero-order chi connectivity index (χ0) is 22.1. The molecule has 1 fully saturated rings. The standard InChI is InChI=1S/C25H24N4O2S/c1-17-6-4-7-19(14-17)29-24(31)21-10-9-18(23(30)26-16-20-8-5-13-32-20)15-22(21)27-25(29)28-11-2-3-12-28/h4-10,13-15H,2-3,11-12,16H2,1H3,(H,26,30). The number of nitrogens with one attached hydrogen (secondary N) is 1. The van der Waals surface area contributed by atoms with Crippen LogP contribution in [0.3, 0.4) is 0 Å². The van der Waals surface area contributed by atoms with Crippen LogP contribution in [0.1, 0.15) is 33.6 Å². The Morgan fingerprint density at radius 3 is 2.69 bits per heavy atom. The Bertz CT molecular complexity index is 1340. The SMILES string of the molecule is Cc1cccc(-n2c(N3CCCC3)nc3cc(C(=O)NCc4cccs4)ccc3c2=O)c1. The van der Waals surface area contributed by atoms with Crippen LogP contribution < -0.4 is 15.8 Å². The molecule has 5 rings (SSSR count). The number of fused-ring (bicyclic) bond motifs is 1.